The molecule has 0 aromatic heterocycles. The van der Waals surface area contributed by atoms with Crippen LogP contribution in [-0.4, -0.2) is 12.7 Å². The first kappa shape index (κ1) is 19.4. The van der Waals surface area contributed by atoms with Crippen LogP contribution in [0.5, 0.6) is 5.75 Å². The molecule has 2 aliphatic rings. The minimum Gasteiger partial charge on any atom is -0.537 e. The van der Waals surface area contributed by atoms with Gasteiger partial charge in [-0.25, -0.2) is 0 Å². The first-order valence-electron chi connectivity index (χ1n) is 11.5. The van der Waals surface area contributed by atoms with E-state index in [-0.39, 0.29) is 5.41 Å². The van der Waals surface area contributed by atoms with Gasteiger partial charge in [0.25, 0.3) is 0 Å². The van der Waals surface area contributed by atoms with Crippen molar-refractivity contribution in [3.05, 3.63) is 138 Å². The first-order valence-corrected chi connectivity index (χ1v) is 11.5. The lowest BCUT2D eigenvalue weighted by Crippen LogP contribution is -2.25. The predicted molar refractivity (Wildman–Crippen MR) is 137 cm³/mol. The van der Waals surface area contributed by atoms with E-state index in [1.807, 2.05) is 18.2 Å². The van der Waals surface area contributed by atoms with Crippen LogP contribution in [0.2, 0.25) is 0 Å². The van der Waals surface area contributed by atoms with Crippen molar-refractivity contribution >= 4 is 7.69 Å². The molecule has 0 saturated heterocycles. The van der Waals surface area contributed by atoms with Crippen molar-refractivity contribution in [1.82, 2.24) is 0 Å². The maximum atomic E-state index is 9.14. The second-order valence-electron chi connectivity index (χ2n) is 8.87. The molecule has 159 valence electrons. The molecule has 5 aromatic rings. The van der Waals surface area contributed by atoms with E-state index in [0.29, 0.717) is 5.75 Å². The van der Waals surface area contributed by atoms with Gasteiger partial charge in [-0.1, -0.05) is 103 Å². The lowest BCUT2D eigenvalue weighted by atomic mass is 9.70. The highest BCUT2D eigenvalue weighted by molar-refractivity contribution is 6.17. The number of rotatable bonds is 3. The minimum atomic E-state index is -0.345. The maximum absolute atomic E-state index is 9.14. The number of hydrogen-bond donors (Lipinski definition) is 1. The van der Waals surface area contributed by atoms with Crippen molar-refractivity contribution in [3.8, 4) is 39.1 Å². The monoisotopic (exact) mass is 435 g/mol. The van der Waals surface area contributed by atoms with E-state index in [1.165, 1.54) is 44.5 Å². The Labute approximate surface area is 199 Å². The molecule has 34 heavy (non-hydrogen) atoms. The van der Waals surface area contributed by atoms with Gasteiger partial charge in [-0.3, -0.25) is 0 Å². The number of benzene rings is 5. The fourth-order valence-electron chi connectivity index (χ4n) is 6.18. The summed E-state index contributed by atoms with van der Waals surface area (Å²) in [4.78, 5) is 0. The molecule has 0 fully saturated rings. The molecule has 0 atom stereocenters. The molecular formula is C31H20BO2. The quantitative estimate of drug-likeness (QED) is 0.317. The molecule has 1 N–H and O–H groups in total. The summed E-state index contributed by atoms with van der Waals surface area (Å²) >= 11 is 0. The van der Waals surface area contributed by atoms with E-state index >= 15 is 0 Å². The summed E-state index contributed by atoms with van der Waals surface area (Å²) in [6, 6.07) is 41.0. The van der Waals surface area contributed by atoms with Crippen LogP contribution in [0.3, 0.4) is 0 Å². The topological polar surface area (TPSA) is 29.5 Å². The van der Waals surface area contributed by atoms with Crippen molar-refractivity contribution in [2.75, 3.05) is 0 Å². The summed E-state index contributed by atoms with van der Waals surface area (Å²) in [6.45, 7) is 0. The van der Waals surface area contributed by atoms with E-state index in [4.69, 9.17) is 9.68 Å². The third-order valence-corrected chi connectivity index (χ3v) is 7.36. The van der Waals surface area contributed by atoms with Gasteiger partial charge in [0.05, 0.1) is 5.41 Å². The van der Waals surface area contributed by atoms with Crippen LogP contribution in [0.15, 0.2) is 115 Å². The van der Waals surface area contributed by atoms with Crippen molar-refractivity contribution in [2.45, 2.75) is 5.41 Å². The highest BCUT2D eigenvalue weighted by Crippen LogP contribution is 2.63. The van der Waals surface area contributed by atoms with Crippen LogP contribution < -0.4 is 4.65 Å². The van der Waals surface area contributed by atoms with Gasteiger partial charge in [-0.2, -0.15) is 0 Å². The number of fused-ring (bicyclic) bond motifs is 10. The zero-order valence-electron chi connectivity index (χ0n) is 18.4. The van der Waals surface area contributed by atoms with Gasteiger partial charge in [0.2, 0.25) is 0 Å². The molecule has 0 aliphatic heterocycles. The minimum absolute atomic E-state index is 0.345. The lowest BCUT2D eigenvalue weighted by Gasteiger charge is -2.30. The normalized spacial score (nSPS) is 13.7. The SMILES string of the molecule is O[B]Oc1cccc(-c2cccc3c2-c2ccccc2C32c3ccccc3-c3ccccc32)c1. The fourth-order valence-corrected chi connectivity index (χ4v) is 6.18. The Bertz CT molecular complexity index is 1540. The lowest BCUT2D eigenvalue weighted by molar-refractivity contribution is 0.454. The van der Waals surface area contributed by atoms with E-state index in [2.05, 4.69) is 97.1 Å². The Balaban J connectivity index is 1.60. The van der Waals surface area contributed by atoms with Crippen LogP contribution >= 0.6 is 0 Å². The second kappa shape index (κ2) is 7.21. The van der Waals surface area contributed by atoms with Crippen LogP contribution in [0.4, 0.5) is 0 Å². The van der Waals surface area contributed by atoms with Gasteiger partial charge in [-0.15, -0.1) is 0 Å². The molecule has 0 saturated carbocycles. The fraction of sp³-hybridized carbons (Fsp3) is 0.0323. The molecule has 2 nitrogen and oxygen atoms in total. The van der Waals surface area contributed by atoms with Crippen LogP contribution in [0, 0.1) is 0 Å². The Morgan fingerprint density at radius 2 is 1.06 bits per heavy atom. The van der Waals surface area contributed by atoms with E-state index in [0.717, 1.165) is 18.8 Å². The van der Waals surface area contributed by atoms with Crippen LogP contribution in [0.25, 0.3) is 33.4 Å². The third-order valence-electron chi connectivity index (χ3n) is 7.36. The van der Waals surface area contributed by atoms with Gasteiger partial charge in [0, 0.05) is 0 Å². The van der Waals surface area contributed by atoms with Crippen molar-refractivity contribution in [1.29, 1.82) is 0 Å². The number of hydrogen-bond acceptors (Lipinski definition) is 2. The smallest absolute Gasteiger partial charge is 0.537 e. The summed E-state index contributed by atoms with van der Waals surface area (Å²) in [5.74, 6) is 0.607. The zero-order valence-corrected chi connectivity index (χ0v) is 18.4. The van der Waals surface area contributed by atoms with Crippen molar-refractivity contribution in [3.63, 3.8) is 0 Å². The van der Waals surface area contributed by atoms with Crippen LogP contribution in [0.1, 0.15) is 22.3 Å². The molecule has 0 heterocycles. The van der Waals surface area contributed by atoms with Crippen molar-refractivity contribution < 1.29 is 9.68 Å². The molecule has 0 amide bonds. The molecule has 0 bridgehead atoms. The first-order chi connectivity index (χ1) is 16.8. The molecular weight excluding hydrogens is 415 g/mol. The third kappa shape index (κ3) is 2.40. The second-order valence-corrected chi connectivity index (χ2v) is 8.87. The summed E-state index contributed by atoms with van der Waals surface area (Å²) < 4.78 is 5.27. The standard InChI is InChI=1S/C31H20BO2/c33-32-34-21-10-7-9-20(19-21)22-14-8-18-29-30(22)25-13-3-6-17-28(25)31(29)26-15-4-1-11-23(26)24-12-2-5-16-27(24)31/h1-19,33H. The van der Waals surface area contributed by atoms with Crippen LogP contribution in [-0.2, 0) is 5.41 Å². The summed E-state index contributed by atoms with van der Waals surface area (Å²) in [5, 5.41) is 9.14. The Kier molecular flexibility index (Phi) is 4.11. The summed E-state index contributed by atoms with van der Waals surface area (Å²) in [7, 11) is 0.727. The van der Waals surface area contributed by atoms with Gasteiger partial charge >= 0.3 is 7.69 Å². The molecule has 1 radical (unpaired) electrons. The highest BCUT2D eigenvalue weighted by Gasteiger charge is 2.51. The molecule has 1 spiro atoms. The molecule has 3 heteroatoms. The molecule has 2 aliphatic carbocycles. The van der Waals surface area contributed by atoms with Gasteiger partial charge in [0.15, 0.2) is 0 Å². The predicted octanol–water partition coefficient (Wildman–Crippen LogP) is 6.60. The average Bonchev–Trinajstić information content (AvgIpc) is 3.37. The van der Waals surface area contributed by atoms with E-state index in [9.17, 15) is 0 Å². The summed E-state index contributed by atoms with van der Waals surface area (Å²) in [5.41, 5.74) is 12.3. The van der Waals surface area contributed by atoms with Gasteiger partial charge in [0.1, 0.15) is 5.75 Å². The molecule has 7 rings (SSSR count). The Hall–Kier alpha value is -4.08. The van der Waals surface area contributed by atoms with E-state index < -0.39 is 0 Å². The van der Waals surface area contributed by atoms with Gasteiger partial charge < -0.3 is 9.68 Å². The highest BCUT2D eigenvalue weighted by atomic mass is 16.5. The van der Waals surface area contributed by atoms with Crippen molar-refractivity contribution in [2.24, 2.45) is 0 Å². The summed E-state index contributed by atoms with van der Waals surface area (Å²) in [6.07, 6.45) is 0. The van der Waals surface area contributed by atoms with Gasteiger partial charge in [-0.05, 0) is 67.8 Å². The average molecular weight is 435 g/mol. The molecule has 0 unspecified atom stereocenters. The maximum Gasteiger partial charge on any atom is 0.569 e. The Morgan fingerprint density at radius 1 is 0.529 bits per heavy atom. The molecule has 5 aromatic carbocycles. The Morgan fingerprint density at radius 3 is 1.74 bits per heavy atom. The largest absolute Gasteiger partial charge is 0.569 e. The van der Waals surface area contributed by atoms with E-state index in [1.54, 1.807) is 0 Å². The zero-order chi connectivity index (χ0) is 22.7.